The second kappa shape index (κ2) is 29.9. The Balaban J connectivity index is -0.0000000250. The van der Waals surface area contributed by atoms with Crippen molar-refractivity contribution in [3.63, 3.8) is 0 Å². The van der Waals surface area contributed by atoms with Crippen molar-refractivity contribution in [3.8, 4) is 0 Å². The van der Waals surface area contributed by atoms with Gasteiger partial charge < -0.3 is 12.8 Å². The Bertz CT molecular complexity index is 61.1. The third kappa shape index (κ3) is 58.4. The smallest absolute Gasteiger partial charge is 0 e. The SMILES string of the molecule is C.C.C[CH-]CC(C)C.C[CH-]CC(C)C.[Pt].[Pt]. The minimum atomic E-state index is 0. The minimum Gasteiger partial charge on any atom is -0.331 e. The Morgan fingerprint density at radius 1 is 0.688 bits per heavy atom. The first-order valence-electron chi connectivity index (χ1n) is 5.10. The number of hydrogen-bond acceptors (Lipinski definition) is 0. The molecule has 0 fully saturated rings. The van der Waals surface area contributed by atoms with Gasteiger partial charge in [0.05, 0.1) is 0 Å². The normalized spacial score (nSPS) is 7.50. The van der Waals surface area contributed by atoms with Crippen LogP contribution in [-0.4, -0.2) is 0 Å². The molecule has 2 heteroatoms. The maximum Gasteiger partial charge on any atom is 0 e. The third-order valence-corrected chi connectivity index (χ3v) is 1.41. The van der Waals surface area contributed by atoms with Gasteiger partial charge in [0.25, 0.3) is 0 Å². The molecule has 0 aromatic heterocycles. The summed E-state index contributed by atoms with van der Waals surface area (Å²) in [7, 11) is 0. The van der Waals surface area contributed by atoms with Crippen LogP contribution >= 0.6 is 0 Å². The molecule has 0 N–H and O–H groups in total. The number of hydrogen-bond donors (Lipinski definition) is 0. The molecule has 0 amide bonds. The molecule has 0 aliphatic carbocycles. The van der Waals surface area contributed by atoms with Crippen molar-refractivity contribution in [1.29, 1.82) is 0 Å². The fourth-order valence-electron chi connectivity index (χ4n) is 0.943. The van der Waals surface area contributed by atoms with Gasteiger partial charge in [-0.3, -0.25) is 0 Å². The van der Waals surface area contributed by atoms with Gasteiger partial charge in [-0.1, -0.05) is 54.4 Å². The maximum atomic E-state index is 2.22. The van der Waals surface area contributed by atoms with E-state index in [1.807, 2.05) is 0 Å². The summed E-state index contributed by atoms with van der Waals surface area (Å²) in [6, 6.07) is 0. The molecule has 0 spiro atoms. The molecule has 112 valence electrons. The topological polar surface area (TPSA) is 0 Å². The van der Waals surface area contributed by atoms with Gasteiger partial charge in [-0.2, -0.15) is 26.7 Å². The molecule has 0 aromatic rings. The third-order valence-electron chi connectivity index (χ3n) is 1.41. The first-order chi connectivity index (χ1) is 5.54. The predicted octanol–water partition coefficient (Wildman–Crippen LogP) is 5.78. The predicted molar refractivity (Wildman–Crippen MR) is 72.3 cm³/mol. The van der Waals surface area contributed by atoms with Gasteiger partial charge in [0.2, 0.25) is 0 Å². The van der Waals surface area contributed by atoms with E-state index in [4.69, 9.17) is 0 Å². The van der Waals surface area contributed by atoms with E-state index >= 15 is 0 Å². The number of rotatable bonds is 4. The van der Waals surface area contributed by atoms with E-state index in [0.717, 1.165) is 11.8 Å². The van der Waals surface area contributed by atoms with Crippen molar-refractivity contribution in [2.75, 3.05) is 0 Å². The molecule has 0 bridgehead atoms. The molecule has 16 heavy (non-hydrogen) atoms. The molecule has 0 saturated heterocycles. The summed E-state index contributed by atoms with van der Waals surface area (Å²) in [5, 5.41) is 0. The fraction of sp³-hybridized carbons (Fsp3) is 0.857. The van der Waals surface area contributed by atoms with Crippen LogP contribution < -0.4 is 0 Å². The van der Waals surface area contributed by atoms with E-state index in [9.17, 15) is 0 Å². The summed E-state index contributed by atoms with van der Waals surface area (Å²) < 4.78 is 0. The van der Waals surface area contributed by atoms with Gasteiger partial charge in [0.1, 0.15) is 0 Å². The van der Waals surface area contributed by atoms with Crippen molar-refractivity contribution in [2.45, 2.75) is 69.2 Å². The quantitative estimate of drug-likeness (QED) is 0.364. The van der Waals surface area contributed by atoms with Crippen molar-refractivity contribution in [3.05, 3.63) is 12.8 Å². The van der Waals surface area contributed by atoms with Crippen LogP contribution in [-0.2, 0) is 42.1 Å². The second-order valence-electron chi connectivity index (χ2n) is 4.08. The molecular formula is C14H34Pt2-2. The molecule has 0 atom stereocenters. The molecule has 0 aromatic carbocycles. The summed E-state index contributed by atoms with van der Waals surface area (Å²) >= 11 is 0. The van der Waals surface area contributed by atoms with Crippen LogP contribution in [0.15, 0.2) is 0 Å². The molecule has 0 saturated carbocycles. The molecule has 0 unspecified atom stereocenters. The standard InChI is InChI=1S/2C6H13.2CH4.2Pt/c2*1-4-5-6(2)3;;;;/h2*4,6H,5H2,1-3H3;2*1H4;;/q2*-1;;;;. The molecule has 0 rings (SSSR count). The van der Waals surface area contributed by atoms with Crippen LogP contribution in [0.3, 0.4) is 0 Å². The van der Waals surface area contributed by atoms with Crippen molar-refractivity contribution in [1.82, 2.24) is 0 Å². The molecular weight excluding hydrogens is 558 g/mol. The maximum absolute atomic E-state index is 2.22. The zero-order chi connectivity index (χ0) is 9.98. The molecule has 0 heterocycles. The van der Waals surface area contributed by atoms with Gasteiger partial charge in [0, 0.05) is 42.1 Å². The summed E-state index contributed by atoms with van der Waals surface area (Å²) in [4.78, 5) is 0. The first-order valence-corrected chi connectivity index (χ1v) is 5.10. The van der Waals surface area contributed by atoms with E-state index in [0.29, 0.717) is 0 Å². The van der Waals surface area contributed by atoms with Crippen molar-refractivity contribution < 1.29 is 42.1 Å². The summed E-state index contributed by atoms with van der Waals surface area (Å²) in [5.41, 5.74) is 0. The average molecular weight is 593 g/mol. The largest absolute Gasteiger partial charge is 0.331 e. The molecule has 0 radical (unpaired) electrons. The van der Waals surface area contributed by atoms with Crippen LogP contribution in [0.1, 0.15) is 69.2 Å². The Morgan fingerprint density at radius 3 is 0.875 bits per heavy atom. The zero-order valence-electron chi connectivity index (χ0n) is 10.4. The summed E-state index contributed by atoms with van der Waals surface area (Å²) in [6.45, 7) is 13.1. The van der Waals surface area contributed by atoms with Gasteiger partial charge in [-0.15, -0.1) is 0 Å². The Morgan fingerprint density at radius 2 is 0.875 bits per heavy atom. The van der Waals surface area contributed by atoms with Crippen LogP contribution in [0, 0.1) is 24.7 Å². The van der Waals surface area contributed by atoms with E-state index in [-0.39, 0.29) is 57.0 Å². The minimum absolute atomic E-state index is 0. The van der Waals surface area contributed by atoms with E-state index in [1.54, 1.807) is 0 Å². The van der Waals surface area contributed by atoms with Gasteiger partial charge >= 0.3 is 0 Å². The molecule has 0 aliphatic rings. The van der Waals surface area contributed by atoms with Crippen LogP contribution in [0.2, 0.25) is 0 Å². The monoisotopic (exact) mass is 592 g/mol. The Hall–Kier alpha value is 1.38. The summed E-state index contributed by atoms with van der Waals surface area (Å²) in [5.74, 6) is 1.69. The second-order valence-corrected chi connectivity index (χ2v) is 4.08. The fourth-order valence-corrected chi connectivity index (χ4v) is 0.943. The van der Waals surface area contributed by atoms with E-state index in [1.165, 1.54) is 12.8 Å². The first kappa shape index (κ1) is 36.0. The van der Waals surface area contributed by atoms with Crippen LogP contribution in [0.4, 0.5) is 0 Å². The van der Waals surface area contributed by atoms with Gasteiger partial charge in [-0.05, 0) is 0 Å². The molecule has 0 aliphatic heterocycles. The van der Waals surface area contributed by atoms with Crippen molar-refractivity contribution in [2.24, 2.45) is 11.8 Å². The van der Waals surface area contributed by atoms with Crippen LogP contribution in [0.5, 0.6) is 0 Å². The average Bonchev–Trinajstić information content (AvgIpc) is 1.87. The van der Waals surface area contributed by atoms with Crippen molar-refractivity contribution >= 4 is 0 Å². The molecule has 0 nitrogen and oxygen atoms in total. The van der Waals surface area contributed by atoms with Crippen LogP contribution in [0.25, 0.3) is 0 Å². The Labute approximate surface area is 135 Å². The van der Waals surface area contributed by atoms with Gasteiger partial charge in [0.15, 0.2) is 0 Å². The van der Waals surface area contributed by atoms with E-state index < -0.39 is 0 Å². The Kier molecular flexibility index (Phi) is 67.3. The van der Waals surface area contributed by atoms with E-state index in [2.05, 4.69) is 54.4 Å². The summed E-state index contributed by atoms with van der Waals surface area (Å²) in [6.07, 6.45) is 6.90. The van der Waals surface area contributed by atoms with Gasteiger partial charge in [-0.25, -0.2) is 0 Å². The zero-order valence-corrected chi connectivity index (χ0v) is 14.9.